The molecule has 4 rings (SSSR count). The minimum Gasteiger partial charge on any atom is -0.348 e. The van der Waals surface area contributed by atoms with E-state index in [-0.39, 0.29) is 18.2 Å². The fourth-order valence-corrected chi connectivity index (χ4v) is 4.68. The van der Waals surface area contributed by atoms with E-state index in [0.29, 0.717) is 18.4 Å². The van der Waals surface area contributed by atoms with Crippen LogP contribution in [-0.4, -0.2) is 39.3 Å². The van der Waals surface area contributed by atoms with Gasteiger partial charge >= 0.3 is 6.03 Å². The number of carbonyl (C=O) groups is 3. The van der Waals surface area contributed by atoms with Crippen molar-refractivity contribution in [1.29, 1.82) is 0 Å². The molecular formula is C23H27N3O3. The van der Waals surface area contributed by atoms with Gasteiger partial charge in [-0.1, -0.05) is 43.2 Å². The topological polar surface area (TPSA) is 71.4 Å². The number of hydrogen-bond acceptors (Lipinski definition) is 3. The smallest absolute Gasteiger partial charge is 0.325 e. The molecule has 0 unspecified atom stereocenters. The lowest BCUT2D eigenvalue weighted by Gasteiger charge is -2.19. The normalized spacial score (nSPS) is 17.9. The van der Waals surface area contributed by atoms with Crippen LogP contribution in [0.1, 0.15) is 53.0 Å². The van der Waals surface area contributed by atoms with Crippen molar-refractivity contribution in [2.75, 3.05) is 6.54 Å². The number of Topliss-reactive ketones (excluding diaryl/α,β-unsaturated/α-hetero) is 1. The van der Waals surface area contributed by atoms with Gasteiger partial charge < -0.3 is 9.88 Å². The van der Waals surface area contributed by atoms with Gasteiger partial charge in [0.05, 0.1) is 6.54 Å². The van der Waals surface area contributed by atoms with Gasteiger partial charge in [0.1, 0.15) is 5.54 Å². The highest BCUT2D eigenvalue weighted by molar-refractivity contribution is 6.11. The fraction of sp³-hybridized carbons (Fsp3) is 0.435. The molecule has 1 saturated carbocycles. The van der Waals surface area contributed by atoms with Crippen LogP contribution in [0.5, 0.6) is 0 Å². The van der Waals surface area contributed by atoms with Gasteiger partial charge in [0.2, 0.25) is 0 Å². The maximum absolute atomic E-state index is 13.0. The molecule has 1 aliphatic carbocycles. The summed E-state index contributed by atoms with van der Waals surface area (Å²) < 4.78 is 2.13. The Hall–Kier alpha value is -2.89. The number of benzene rings is 1. The SMILES string of the molecule is Cc1cc(C(=O)CN2C(=O)NC3(CCCC3)C2=O)c(C)n1CCc1ccccc1. The van der Waals surface area contributed by atoms with Crippen molar-refractivity contribution in [3.63, 3.8) is 0 Å². The molecule has 1 saturated heterocycles. The molecule has 1 aromatic carbocycles. The van der Waals surface area contributed by atoms with Crippen molar-refractivity contribution >= 4 is 17.7 Å². The molecular weight excluding hydrogens is 366 g/mol. The molecule has 6 heteroatoms. The number of aromatic nitrogens is 1. The summed E-state index contributed by atoms with van der Waals surface area (Å²) in [5, 5.41) is 2.84. The second-order valence-corrected chi connectivity index (χ2v) is 8.21. The molecule has 2 heterocycles. The maximum Gasteiger partial charge on any atom is 0.325 e. The second-order valence-electron chi connectivity index (χ2n) is 8.21. The first-order valence-corrected chi connectivity index (χ1v) is 10.3. The van der Waals surface area contributed by atoms with E-state index in [1.54, 1.807) is 0 Å². The number of hydrogen-bond donors (Lipinski definition) is 1. The molecule has 152 valence electrons. The summed E-state index contributed by atoms with van der Waals surface area (Å²) in [4.78, 5) is 39.2. The van der Waals surface area contributed by atoms with Crippen LogP contribution in [0.25, 0.3) is 0 Å². The third-order valence-corrected chi connectivity index (χ3v) is 6.35. The lowest BCUT2D eigenvalue weighted by molar-refractivity contribution is -0.130. The van der Waals surface area contributed by atoms with E-state index in [9.17, 15) is 14.4 Å². The van der Waals surface area contributed by atoms with E-state index in [0.717, 1.165) is 42.1 Å². The quantitative estimate of drug-likeness (QED) is 0.604. The molecule has 1 N–H and O–H groups in total. The fourth-order valence-electron chi connectivity index (χ4n) is 4.68. The van der Waals surface area contributed by atoms with Crippen LogP contribution < -0.4 is 5.32 Å². The van der Waals surface area contributed by atoms with Crippen LogP contribution in [0.2, 0.25) is 0 Å². The average molecular weight is 393 g/mol. The Bertz CT molecular complexity index is 955. The highest BCUT2D eigenvalue weighted by atomic mass is 16.2. The first kappa shape index (κ1) is 19.4. The molecule has 3 amide bonds. The number of nitrogens with one attached hydrogen (secondary N) is 1. The Labute approximate surface area is 170 Å². The number of urea groups is 1. The summed E-state index contributed by atoms with van der Waals surface area (Å²) in [5.41, 5.74) is 2.94. The van der Waals surface area contributed by atoms with Crippen LogP contribution in [-0.2, 0) is 17.8 Å². The predicted molar refractivity (Wildman–Crippen MR) is 110 cm³/mol. The molecule has 2 fully saturated rings. The van der Waals surface area contributed by atoms with Gasteiger partial charge in [0.25, 0.3) is 5.91 Å². The van der Waals surface area contributed by atoms with Gasteiger partial charge in [-0.3, -0.25) is 14.5 Å². The number of nitrogens with zero attached hydrogens (tertiary/aromatic N) is 2. The highest BCUT2D eigenvalue weighted by Gasteiger charge is 2.52. The molecule has 0 radical (unpaired) electrons. The Morgan fingerprint density at radius 3 is 2.48 bits per heavy atom. The van der Waals surface area contributed by atoms with Crippen molar-refractivity contribution in [3.05, 3.63) is 58.9 Å². The van der Waals surface area contributed by atoms with Gasteiger partial charge in [-0.05, 0) is 44.7 Å². The molecule has 1 aromatic heterocycles. The lowest BCUT2D eigenvalue weighted by Crippen LogP contribution is -2.44. The van der Waals surface area contributed by atoms with Gasteiger partial charge in [-0.25, -0.2) is 4.79 Å². The number of aryl methyl sites for hydroxylation is 2. The van der Waals surface area contributed by atoms with E-state index in [4.69, 9.17) is 0 Å². The van der Waals surface area contributed by atoms with Gasteiger partial charge in [0, 0.05) is 23.5 Å². The zero-order valence-corrected chi connectivity index (χ0v) is 17.0. The summed E-state index contributed by atoms with van der Waals surface area (Å²) in [6.45, 7) is 4.49. The van der Waals surface area contributed by atoms with Crippen LogP contribution in [0.3, 0.4) is 0 Å². The van der Waals surface area contributed by atoms with E-state index in [1.165, 1.54) is 5.56 Å². The van der Waals surface area contributed by atoms with Crippen molar-refractivity contribution in [1.82, 2.24) is 14.8 Å². The summed E-state index contributed by atoms with van der Waals surface area (Å²) in [6.07, 6.45) is 4.06. The summed E-state index contributed by atoms with van der Waals surface area (Å²) in [6, 6.07) is 11.7. The minimum atomic E-state index is -0.774. The van der Waals surface area contributed by atoms with Crippen LogP contribution >= 0.6 is 0 Å². The van der Waals surface area contributed by atoms with Crippen molar-refractivity contribution in [2.24, 2.45) is 0 Å². The Kier molecular flexibility index (Phi) is 5.03. The zero-order valence-electron chi connectivity index (χ0n) is 17.0. The van der Waals surface area contributed by atoms with Crippen LogP contribution in [0.15, 0.2) is 36.4 Å². The molecule has 29 heavy (non-hydrogen) atoms. The molecule has 2 aromatic rings. The summed E-state index contributed by atoms with van der Waals surface area (Å²) >= 11 is 0. The first-order valence-electron chi connectivity index (χ1n) is 10.3. The zero-order chi connectivity index (χ0) is 20.6. The predicted octanol–water partition coefficient (Wildman–Crippen LogP) is 3.39. The minimum absolute atomic E-state index is 0.192. The Morgan fingerprint density at radius 1 is 1.10 bits per heavy atom. The number of imide groups is 1. The van der Waals surface area contributed by atoms with E-state index in [2.05, 4.69) is 22.0 Å². The molecule has 1 spiro atoms. The highest BCUT2D eigenvalue weighted by Crippen LogP contribution is 2.35. The summed E-state index contributed by atoms with van der Waals surface area (Å²) in [7, 11) is 0. The first-order chi connectivity index (χ1) is 13.9. The standard InChI is InChI=1S/C23H27N3O3/c1-16-14-19(17(2)25(16)13-10-18-8-4-3-5-9-18)20(27)15-26-21(28)23(24-22(26)29)11-6-7-12-23/h3-5,8-9,14H,6-7,10-13,15H2,1-2H3,(H,24,29). The lowest BCUT2D eigenvalue weighted by atomic mass is 9.98. The maximum atomic E-state index is 13.0. The third kappa shape index (κ3) is 3.48. The van der Waals surface area contributed by atoms with Gasteiger partial charge in [-0.2, -0.15) is 0 Å². The molecule has 0 atom stereocenters. The van der Waals surface area contributed by atoms with Gasteiger partial charge in [-0.15, -0.1) is 0 Å². The van der Waals surface area contributed by atoms with E-state index < -0.39 is 11.6 Å². The largest absolute Gasteiger partial charge is 0.348 e. The molecule has 2 aliphatic rings. The number of amides is 3. The molecule has 0 bridgehead atoms. The Balaban J connectivity index is 1.48. The Morgan fingerprint density at radius 2 is 1.79 bits per heavy atom. The number of carbonyl (C=O) groups excluding carboxylic acids is 3. The van der Waals surface area contributed by atoms with Crippen LogP contribution in [0.4, 0.5) is 4.79 Å². The monoisotopic (exact) mass is 393 g/mol. The van der Waals surface area contributed by atoms with Crippen molar-refractivity contribution < 1.29 is 14.4 Å². The second kappa shape index (κ2) is 7.50. The van der Waals surface area contributed by atoms with Crippen molar-refractivity contribution in [3.8, 4) is 0 Å². The van der Waals surface area contributed by atoms with Crippen LogP contribution in [0, 0.1) is 13.8 Å². The molecule has 1 aliphatic heterocycles. The average Bonchev–Trinajstić information content (AvgIpc) is 3.35. The van der Waals surface area contributed by atoms with Crippen molar-refractivity contribution in [2.45, 2.75) is 58.0 Å². The summed E-state index contributed by atoms with van der Waals surface area (Å²) in [5.74, 6) is -0.436. The number of rotatable bonds is 6. The third-order valence-electron chi connectivity index (χ3n) is 6.35. The van der Waals surface area contributed by atoms with Gasteiger partial charge in [0.15, 0.2) is 5.78 Å². The van der Waals surface area contributed by atoms with E-state index in [1.807, 2.05) is 38.1 Å². The van der Waals surface area contributed by atoms with E-state index >= 15 is 0 Å². The molecule has 6 nitrogen and oxygen atoms in total. The number of ketones is 1.